The van der Waals surface area contributed by atoms with E-state index < -0.39 is 0 Å². The van der Waals surface area contributed by atoms with Gasteiger partial charge in [-0.2, -0.15) is 0 Å². The van der Waals surface area contributed by atoms with E-state index in [9.17, 15) is 0 Å². The summed E-state index contributed by atoms with van der Waals surface area (Å²) in [7, 11) is 0. The molecule has 1 aromatic carbocycles. The summed E-state index contributed by atoms with van der Waals surface area (Å²) in [6, 6.07) is 5.53. The number of nitrogens with two attached hydrogens (primary N) is 1. The highest BCUT2D eigenvalue weighted by Gasteiger charge is 2.00. The zero-order valence-corrected chi connectivity index (χ0v) is 8.28. The molecular weight excluding hydrogens is 198 g/mol. The molecule has 1 heterocycles. The molecule has 0 aliphatic heterocycles. The van der Waals surface area contributed by atoms with Gasteiger partial charge in [0, 0.05) is 29.6 Å². The van der Waals surface area contributed by atoms with Gasteiger partial charge in [-0.15, -0.1) is 0 Å². The monoisotopic (exact) mass is 207 g/mol. The van der Waals surface area contributed by atoms with Gasteiger partial charge in [0.2, 0.25) is 0 Å². The van der Waals surface area contributed by atoms with Gasteiger partial charge in [-0.3, -0.25) is 0 Å². The fraction of sp³-hybridized carbons (Fsp3) is 0.100. The number of imidazole rings is 1. The second-order valence-electron chi connectivity index (χ2n) is 3.09. The Morgan fingerprint density at radius 3 is 2.93 bits per heavy atom. The van der Waals surface area contributed by atoms with Gasteiger partial charge in [-0.25, -0.2) is 4.98 Å². The van der Waals surface area contributed by atoms with Gasteiger partial charge in [0.25, 0.3) is 0 Å². The Morgan fingerprint density at radius 1 is 1.43 bits per heavy atom. The van der Waals surface area contributed by atoms with E-state index in [4.69, 9.17) is 17.3 Å². The van der Waals surface area contributed by atoms with Crippen LogP contribution >= 0.6 is 11.6 Å². The molecule has 2 aromatic rings. The summed E-state index contributed by atoms with van der Waals surface area (Å²) >= 11 is 6.03. The van der Waals surface area contributed by atoms with Gasteiger partial charge >= 0.3 is 0 Å². The highest BCUT2D eigenvalue weighted by atomic mass is 35.5. The molecule has 0 amide bonds. The predicted octanol–water partition coefficient (Wildman–Crippen LogP) is 2.17. The van der Waals surface area contributed by atoms with Crippen LogP contribution in [-0.2, 0) is 6.54 Å². The van der Waals surface area contributed by atoms with Crippen LogP contribution in [0.5, 0.6) is 0 Å². The highest BCUT2D eigenvalue weighted by molar-refractivity contribution is 6.31. The van der Waals surface area contributed by atoms with E-state index in [0.29, 0.717) is 10.7 Å². The number of aromatic nitrogens is 2. The number of rotatable bonds is 2. The Bertz CT molecular complexity index is 423. The Labute approximate surface area is 87.1 Å². The fourth-order valence-corrected chi connectivity index (χ4v) is 1.52. The maximum absolute atomic E-state index is 6.03. The van der Waals surface area contributed by atoms with Crippen LogP contribution in [-0.4, -0.2) is 9.55 Å². The molecule has 14 heavy (non-hydrogen) atoms. The largest absolute Gasteiger partial charge is 0.399 e. The lowest BCUT2D eigenvalue weighted by molar-refractivity contribution is 0.798. The quantitative estimate of drug-likeness (QED) is 0.767. The number of hydrogen-bond donors (Lipinski definition) is 1. The lowest BCUT2D eigenvalue weighted by atomic mass is 10.2. The van der Waals surface area contributed by atoms with Crippen molar-refractivity contribution >= 4 is 17.3 Å². The molecule has 2 N–H and O–H groups in total. The molecule has 72 valence electrons. The molecule has 0 aliphatic carbocycles. The second-order valence-corrected chi connectivity index (χ2v) is 3.49. The molecule has 0 atom stereocenters. The van der Waals surface area contributed by atoms with Crippen molar-refractivity contribution in [1.29, 1.82) is 0 Å². The zero-order chi connectivity index (χ0) is 9.97. The summed E-state index contributed by atoms with van der Waals surface area (Å²) < 4.78 is 1.96. The molecule has 0 saturated heterocycles. The van der Waals surface area contributed by atoms with Crippen molar-refractivity contribution < 1.29 is 0 Å². The number of benzene rings is 1. The second kappa shape index (κ2) is 3.72. The van der Waals surface area contributed by atoms with Gasteiger partial charge < -0.3 is 10.3 Å². The molecule has 0 saturated carbocycles. The first-order valence-electron chi connectivity index (χ1n) is 4.25. The summed E-state index contributed by atoms with van der Waals surface area (Å²) in [6.45, 7) is 0.721. The Kier molecular flexibility index (Phi) is 2.41. The Balaban J connectivity index is 2.25. The van der Waals surface area contributed by atoms with Crippen molar-refractivity contribution in [3.8, 4) is 0 Å². The first-order chi connectivity index (χ1) is 6.75. The molecule has 2 rings (SSSR count). The number of hydrogen-bond acceptors (Lipinski definition) is 2. The lowest BCUT2D eigenvalue weighted by Crippen LogP contribution is -1.97. The van der Waals surface area contributed by atoms with Crippen molar-refractivity contribution in [2.45, 2.75) is 6.54 Å². The van der Waals surface area contributed by atoms with Gasteiger partial charge in [0.15, 0.2) is 0 Å². The number of nitrogens with zero attached hydrogens (tertiary/aromatic N) is 2. The molecule has 0 bridgehead atoms. The van der Waals surface area contributed by atoms with Gasteiger partial charge in [-0.05, 0) is 17.7 Å². The average molecular weight is 208 g/mol. The summed E-state index contributed by atoms with van der Waals surface area (Å²) in [6.07, 6.45) is 5.39. The molecule has 3 nitrogen and oxygen atoms in total. The first kappa shape index (κ1) is 9.09. The number of halogens is 1. The molecule has 0 radical (unpaired) electrons. The standard InChI is InChI=1S/C10H10ClN3/c11-10-5-9(12)2-1-8(10)6-14-4-3-13-7-14/h1-5,7H,6,12H2. The predicted molar refractivity (Wildman–Crippen MR) is 57.2 cm³/mol. The number of anilines is 1. The summed E-state index contributed by atoms with van der Waals surface area (Å²) in [5.74, 6) is 0. The molecule has 0 spiro atoms. The van der Waals surface area contributed by atoms with Gasteiger partial charge in [0.05, 0.1) is 6.33 Å². The van der Waals surface area contributed by atoms with Crippen molar-refractivity contribution in [1.82, 2.24) is 9.55 Å². The van der Waals surface area contributed by atoms with Crippen LogP contribution in [0.25, 0.3) is 0 Å². The van der Waals surface area contributed by atoms with Gasteiger partial charge in [0.1, 0.15) is 0 Å². The molecule has 0 unspecified atom stereocenters. The minimum atomic E-state index is 0.685. The zero-order valence-electron chi connectivity index (χ0n) is 7.52. The van der Waals surface area contributed by atoms with E-state index in [1.54, 1.807) is 18.6 Å². The topological polar surface area (TPSA) is 43.8 Å². The Morgan fingerprint density at radius 2 is 2.29 bits per heavy atom. The van der Waals surface area contributed by atoms with Crippen molar-refractivity contribution in [2.24, 2.45) is 0 Å². The molecular formula is C10H10ClN3. The summed E-state index contributed by atoms with van der Waals surface area (Å²) in [4.78, 5) is 3.96. The summed E-state index contributed by atoms with van der Waals surface area (Å²) in [5.41, 5.74) is 7.32. The van der Waals surface area contributed by atoms with Crippen LogP contribution in [0.3, 0.4) is 0 Å². The molecule has 0 fully saturated rings. The first-order valence-corrected chi connectivity index (χ1v) is 4.63. The van der Waals surface area contributed by atoms with Crippen LogP contribution in [0.15, 0.2) is 36.9 Å². The van der Waals surface area contributed by atoms with Crippen LogP contribution in [0.4, 0.5) is 5.69 Å². The third-order valence-corrected chi connectivity index (χ3v) is 2.34. The van der Waals surface area contributed by atoms with E-state index in [0.717, 1.165) is 12.1 Å². The van der Waals surface area contributed by atoms with E-state index in [-0.39, 0.29) is 0 Å². The van der Waals surface area contributed by atoms with E-state index in [1.165, 1.54) is 0 Å². The van der Waals surface area contributed by atoms with Crippen LogP contribution in [0.1, 0.15) is 5.56 Å². The normalized spacial score (nSPS) is 10.4. The maximum Gasteiger partial charge on any atom is 0.0949 e. The molecule has 0 aliphatic rings. The fourth-order valence-electron chi connectivity index (χ4n) is 1.27. The summed E-state index contributed by atoms with van der Waals surface area (Å²) in [5, 5.41) is 0.693. The maximum atomic E-state index is 6.03. The Hall–Kier alpha value is -1.48. The highest BCUT2D eigenvalue weighted by Crippen LogP contribution is 2.19. The minimum Gasteiger partial charge on any atom is -0.399 e. The van der Waals surface area contributed by atoms with Crippen molar-refractivity contribution in [2.75, 3.05) is 5.73 Å². The van der Waals surface area contributed by atoms with E-state index in [2.05, 4.69) is 4.98 Å². The molecule has 1 aromatic heterocycles. The smallest absolute Gasteiger partial charge is 0.0949 e. The van der Waals surface area contributed by atoms with Crippen molar-refractivity contribution in [3.05, 3.63) is 47.5 Å². The van der Waals surface area contributed by atoms with E-state index in [1.807, 2.05) is 22.9 Å². The SMILES string of the molecule is Nc1ccc(Cn2ccnc2)c(Cl)c1. The van der Waals surface area contributed by atoms with Crippen LogP contribution in [0, 0.1) is 0 Å². The van der Waals surface area contributed by atoms with E-state index >= 15 is 0 Å². The number of nitrogen functional groups attached to an aromatic ring is 1. The molecule has 4 heteroatoms. The third kappa shape index (κ3) is 1.88. The average Bonchev–Trinajstić information content (AvgIpc) is 2.62. The minimum absolute atomic E-state index is 0.685. The van der Waals surface area contributed by atoms with Crippen LogP contribution < -0.4 is 5.73 Å². The van der Waals surface area contributed by atoms with Crippen LogP contribution in [0.2, 0.25) is 5.02 Å². The third-order valence-electron chi connectivity index (χ3n) is 1.99. The lowest BCUT2D eigenvalue weighted by Gasteiger charge is -2.05. The van der Waals surface area contributed by atoms with Gasteiger partial charge in [-0.1, -0.05) is 17.7 Å². The van der Waals surface area contributed by atoms with Crippen molar-refractivity contribution in [3.63, 3.8) is 0 Å².